The highest BCUT2D eigenvalue weighted by molar-refractivity contribution is 6.31. The average molecular weight is 377 g/mol. The molecule has 0 saturated carbocycles. The molecule has 1 aliphatic rings. The van der Waals surface area contributed by atoms with Crippen LogP contribution in [0.25, 0.3) is 0 Å². The minimum absolute atomic E-state index is 0.342. The third kappa shape index (κ3) is 6.08. The van der Waals surface area contributed by atoms with Crippen molar-refractivity contribution < 1.29 is 20.1 Å². The van der Waals surface area contributed by atoms with Gasteiger partial charge in [-0.2, -0.15) is 0 Å². The summed E-state index contributed by atoms with van der Waals surface area (Å²) in [5, 5.41) is 13.2. The summed E-state index contributed by atoms with van der Waals surface area (Å²) in [5.74, 6) is 0. The highest BCUT2D eigenvalue weighted by Crippen LogP contribution is 2.15. The van der Waals surface area contributed by atoms with Gasteiger partial charge < -0.3 is 20.1 Å². The zero-order chi connectivity index (χ0) is 18.2. The zero-order valence-electron chi connectivity index (χ0n) is 15.1. The molecule has 140 valence electrons. The molecule has 2 aromatic carbocycles. The number of aliphatic hydroxyl groups excluding tert-OH is 1. The van der Waals surface area contributed by atoms with E-state index in [1.807, 2.05) is 24.3 Å². The number of quaternary nitrogens is 2. The van der Waals surface area contributed by atoms with E-state index in [4.69, 9.17) is 16.3 Å². The third-order valence-corrected chi connectivity index (χ3v) is 5.35. The smallest absolute Gasteiger partial charge is 0.141 e. The van der Waals surface area contributed by atoms with Gasteiger partial charge in [0.25, 0.3) is 0 Å². The van der Waals surface area contributed by atoms with E-state index in [0.29, 0.717) is 30.8 Å². The van der Waals surface area contributed by atoms with Crippen LogP contribution in [0.4, 0.5) is 0 Å². The van der Waals surface area contributed by atoms with E-state index in [2.05, 4.69) is 35.6 Å². The fraction of sp³-hybridized carbons (Fsp3) is 0.429. The molecule has 0 aromatic heterocycles. The topological polar surface area (TPSA) is 50.5 Å². The molecule has 4 nitrogen and oxygen atoms in total. The monoisotopic (exact) mass is 376 g/mol. The molecule has 1 unspecified atom stereocenters. The van der Waals surface area contributed by atoms with E-state index in [1.54, 1.807) is 4.90 Å². The molecule has 4 N–H and O–H groups in total. The van der Waals surface area contributed by atoms with Crippen molar-refractivity contribution in [3.63, 3.8) is 0 Å². The fourth-order valence-electron chi connectivity index (χ4n) is 3.55. The Labute approximate surface area is 160 Å². The molecule has 3 rings (SSSR count). The number of nitrogens with two attached hydrogens (primary N) is 1. The number of halogens is 1. The second-order valence-corrected chi connectivity index (χ2v) is 7.55. The molecule has 1 fully saturated rings. The highest BCUT2D eigenvalue weighted by atomic mass is 35.5. The van der Waals surface area contributed by atoms with E-state index < -0.39 is 6.10 Å². The Morgan fingerprint density at radius 3 is 2.73 bits per heavy atom. The molecule has 26 heavy (non-hydrogen) atoms. The molecule has 1 aliphatic heterocycles. The van der Waals surface area contributed by atoms with Gasteiger partial charge >= 0.3 is 0 Å². The Balaban J connectivity index is 1.31. The first-order valence-corrected chi connectivity index (χ1v) is 9.78. The lowest BCUT2D eigenvalue weighted by Gasteiger charge is -2.14. The minimum atomic E-state index is -0.448. The molecule has 0 amide bonds. The van der Waals surface area contributed by atoms with Gasteiger partial charge in [-0.05, 0) is 11.6 Å². The summed E-state index contributed by atoms with van der Waals surface area (Å²) in [4.78, 5) is 1.63. The summed E-state index contributed by atoms with van der Waals surface area (Å²) in [6.07, 6.45) is 0.755. The van der Waals surface area contributed by atoms with Gasteiger partial charge in [-0.15, -0.1) is 0 Å². The number of ether oxygens (including phenoxy) is 1. The molecule has 2 aromatic rings. The maximum absolute atomic E-state index is 10.2. The van der Waals surface area contributed by atoms with Crippen LogP contribution >= 0.6 is 11.6 Å². The summed E-state index contributed by atoms with van der Waals surface area (Å²) in [5.41, 5.74) is 2.36. The standard InChI is InChI=1S/C21H27ClN2O2/c22-21-9-5-4-8-18(21)15-26-16-20(25)12-23-19-10-11-24(14-19)13-17-6-2-1-3-7-17/h1-9,19-20,23,25H,10-16H2/p+2/t19-,20+/m1/s1. The molecule has 0 radical (unpaired) electrons. The number of aliphatic hydroxyl groups is 1. The van der Waals surface area contributed by atoms with Crippen molar-refractivity contribution in [2.24, 2.45) is 0 Å². The summed E-state index contributed by atoms with van der Waals surface area (Å²) in [6.45, 7) is 4.92. The molecule has 0 spiro atoms. The lowest BCUT2D eigenvalue weighted by Crippen LogP contribution is -3.11. The van der Waals surface area contributed by atoms with Gasteiger partial charge in [0, 0.05) is 10.6 Å². The van der Waals surface area contributed by atoms with Crippen molar-refractivity contribution in [3.8, 4) is 0 Å². The van der Waals surface area contributed by atoms with Crippen molar-refractivity contribution in [1.29, 1.82) is 0 Å². The van der Waals surface area contributed by atoms with Gasteiger partial charge in [0.15, 0.2) is 0 Å². The summed E-state index contributed by atoms with van der Waals surface area (Å²) >= 11 is 6.11. The van der Waals surface area contributed by atoms with Crippen molar-refractivity contribution in [1.82, 2.24) is 0 Å². The Hall–Kier alpha value is -1.43. The third-order valence-electron chi connectivity index (χ3n) is 4.98. The van der Waals surface area contributed by atoms with Crippen LogP contribution < -0.4 is 10.2 Å². The van der Waals surface area contributed by atoms with Crippen LogP contribution in [0.2, 0.25) is 5.02 Å². The summed E-state index contributed by atoms with van der Waals surface area (Å²) in [6, 6.07) is 18.9. The molecule has 1 saturated heterocycles. The molecule has 0 aliphatic carbocycles. The second kappa shape index (κ2) is 10.0. The highest BCUT2D eigenvalue weighted by Gasteiger charge is 2.29. The number of benzene rings is 2. The molecular weight excluding hydrogens is 348 g/mol. The lowest BCUT2D eigenvalue weighted by molar-refractivity contribution is -0.911. The Bertz CT molecular complexity index is 668. The number of rotatable bonds is 9. The molecule has 0 bridgehead atoms. The fourth-order valence-corrected chi connectivity index (χ4v) is 3.74. The largest absolute Gasteiger partial charge is 0.385 e. The first kappa shape index (κ1) is 19.3. The van der Waals surface area contributed by atoms with Crippen LogP contribution in [0.3, 0.4) is 0 Å². The first-order chi connectivity index (χ1) is 12.7. The first-order valence-electron chi connectivity index (χ1n) is 9.40. The van der Waals surface area contributed by atoms with Crippen LogP contribution in [0.5, 0.6) is 0 Å². The number of likely N-dealkylation sites (tertiary alicyclic amines) is 1. The molecule has 1 heterocycles. The molecule has 5 heteroatoms. The van der Waals surface area contributed by atoms with Gasteiger partial charge in [-0.1, -0.05) is 60.1 Å². The number of hydrogen-bond donors (Lipinski definition) is 3. The second-order valence-electron chi connectivity index (χ2n) is 7.15. The Morgan fingerprint density at radius 1 is 1.15 bits per heavy atom. The molecule has 3 atom stereocenters. The van der Waals surface area contributed by atoms with Crippen LogP contribution in [0, 0.1) is 0 Å². The van der Waals surface area contributed by atoms with Crippen molar-refractivity contribution >= 4 is 11.6 Å². The van der Waals surface area contributed by atoms with E-state index in [9.17, 15) is 5.11 Å². The maximum atomic E-state index is 10.2. The minimum Gasteiger partial charge on any atom is -0.385 e. The van der Waals surface area contributed by atoms with Crippen molar-refractivity contribution in [2.45, 2.75) is 31.7 Å². The average Bonchev–Trinajstić information content (AvgIpc) is 3.10. The predicted octanol–water partition coefficient (Wildman–Crippen LogP) is 0.638. The van der Waals surface area contributed by atoms with Crippen molar-refractivity contribution in [3.05, 3.63) is 70.7 Å². The lowest BCUT2D eigenvalue weighted by atomic mass is 10.2. The number of nitrogens with one attached hydrogen (secondary N) is 1. The van der Waals surface area contributed by atoms with Gasteiger partial charge in [0.2, 0.25) is 0 Å². The van der Waals surface area contributed by atoms with Crippen LogP contribution in [-0.4, -0.2) is 43.5 Å². The van der Waals surface area contributed by atoms with Crippen molar-refractivity contribution in [2.75, 3.05) is 26.2 Å². The van der Waals surface area contributed by atoms with E-state index in [-0.39, 0.29) is 0 Å². The summed E-state index contributed by atoms with van der Waals surface area (Å²) < 4.78 is 5.62. The van der Waals surface area contributed by atoms with E-state index in [1.165, 1.54) is 18.5 Å². The molecular formula is C21H29ClN2O2+2. The van der Waals surface area contributed by atoms with Gasteiger partial charge in [-0.25, -0.2) is 0 Å². The van der Waals surface area contributed by atoms with Crippen LogP contribution in [0.1, 0.15) is 17.5 Å². The number of hydrogen-bond acceptors (Lipinski definition) is 2. The maximum Gasteiger partial charge on any atom is 0.141 e. The SMILES string of the molecule is O[C@@H](C[NH2+][C@@H]1CC[NH+](Cc2ccccc2)C1)COCc1ccccc1Cl. The Kier molecular flexibility index (Phi) is 7.47. The van der Waals surface area contributed by atoms with Crippen LogP contribution in [-0.2, 0) is 17.9 Å². The Morgan fingerprint density at radius 2 is 1.92 bits per heavy atom. The summed E-state index contributed by atoms with van der Waals surface area (Å²) in [7, 11) is 0. The van der Waals surface area contributed by atoms with Gasteiger partial charge in [-0.3, -0.25) is 0 Å². The zero-order valence-corrected chi connectivity index (χ0v) is 15.9. The quantitative estimate of drug-likeness (QED) is 0.601. The van der Waals surface area contributed by atoms with Crippen LogP contribution in [0.15, 0.2) is 54.6 Å². The van der Waals surface area contributed by atoms with E-state index in [0.717, 1.165) is 18.7 Å². The van der Waals surface area contributed by atoms with Gasteiger partial charge in [0.1, 0.15) is 31.8 Å². The van der Waals surface area contributed by atoms with E-state index >= 15 is 0 Å². The predicted molar refractivity (Wildman–Crippen MR) is 103 cm³/mol. The van der Waals surface area contributed by atoms with Gasteiger partial charge in [0.05, 0.1) is 26.2 Å². The normalized spacial score (nSPS) is 21.0.